The summed E-state index contributed by atoms with van der Waals surface area (Å²) in [6, 6.07) is 8.12. The van der Waals surface area contributed by atoms with Crippen molar-refractivity contribution < 1.29 is 28.2 Å². The van der Waals surface area contributed by atoms with Gasteiger partial charge in [-0.1, -0.05) is 22.9 Å². The smallest absolute Gasteiger partial charge is 0.329 e. The first-order chi connectivity index (χ1) is 15.3. The summed E-state index contributed by atoms with van der Waals surface area (Å²) in [4.78, 5) is 37.7. The number of nitrogens with zero attached hydrogens (tertiary/aromatic N) is 1. The zero-order valence-corrected chi connectivity index (χ0v) is 19.0. The summed E-state index contributed by atoms with van der Waals surface area (Å²) in [5.74, 6) is -0.611. The van der Waals surface area contributed by atoms with E-state index in [4.69, 9.17) is 9.47 Å². The summed E-state index contributed by atoms with van der Waals surface area (Å²) in [6.45, 7) is 1.91. The molecule has 10 heteroatoms. The molecule has 1 aliphatic heterocycles. The maximum absolute atomic E-state index is 13.0. The SMILES string of the molecule is CCCN1C(=O)N/C(=C/c2cc(OC)c(OCC(=O)Nc3ccc(F)cc3)cc2Br)C1=O. The number of amides is 4. The van der Waals surface area contributed by atoms with E-state index in [9.17, 15) is 18.8 Å². The molecule has 0 radical (unpaired) electrons. The van der Waals surface area contributed by atoms with E-state index in [1.165, 1.54) is 37.5 Å². The van der Waals surface area contributed by atoms with E-state index < -0.39 is 23.7 Å². The molecule has 4 amide bonds. The molecule has 1 saturated heterocycles. The third-order valence-corrected chi connectivity index (χ3v) is 5.17. The second kappa shape index (κ2) is 10.3. The van der Waals surface area contributed by atoms with Crippen LogP contribution in [0.2, 0.25) is 0 Å². The van der Waals surface area contributed by atoms with Gasteiger partial charge in [0, 0.05) is 16.7 Å². The van der Waals surface area contributed by atoms with Crippen LogP contribution in [0.25, 0.3) is 6.08 Å². The van der Waals surface area contributed by atoms with Gasteiger partial charge in [-0.2, -0.15) is 0 Å². The molecule has 0 spiro atoms. The Bertz CT molecular complexity index is 1070. The molecule has 0 atom stereocenters. The third-order valence-electron chi connectivity index (χ3n) is 4.48. The Kier molecular flexibility index (Phi) is 7.47. The minimum atomic E-state index is -0.460. The molecule has 2 aromatic rings. The highest BCUT2D eigenvalue weighted by Crippen LogP contribution is 2.35. The molecule has 0 saturated carbocycles. The lowest BCUT2D eigenvalue weighted by Crippen LogP contribution is -2.31. The van der Waals surface area contributed by atoms with E-state index >= 15 is 0 Å². The highest BCUT2D eigenvalue weighted by atomic mass is 79.9. The largest absolute Gasteiger partial charge is 0.493 e. The minimum absolute atomic E-state index is 0.151. The molecule has 0 aliphatic carbocycles. The number of anilines is 1. The molecule has 0 aromatic heterocycles. The van der Waals surface area contributed by atoms with Crippen LogP contribution in [0.1, 0.15) is 18.9 Å². The fourth-order valence-electron chi connectivity index (χ4n) is 2.96. The molecular formula is C22H21BrFN3O5. The first-order valence-electron chi connectivity index (χ1n) is 9.72. The van der Waals surface area contributed by atoms with E-state index in [1.54, 1.807) is 12.1 Å². The highest BCUT2D eigenvalue weighted by Gasteiger charge is 2.32. The predicted octanol–water partition coefficient (Wildman–Crippen LogP) is 3.92. The molecule has 0 bridgehead atoms. The van der Waals surface area contributed by atoms with E-state index in [2.05, 4.69) is 26.6 Å². The van der Waals surface area contributed by atoms with Crippen molar-refractivity contribution in [1.29, 1.82) is 0 Å². The molecule has 2 N–H and O–H groups in total. The fraction of sp³-hybridized carbons (Fsp3) is 0.227. The lowest BCUT2D eigenvalue weighted by Gasteiger charge is -2.13. The summed E-state index contributed by atoms with van der Waals surface area (Å²) < 4.78 is 24.5. The van der Waals surface area contributed by atoms with Gasteiger partial charge in [-0.25, -0.2) is 9.18 Å². The second-order valence-electron chi connectivity index (χ2n) is 6.81. The van der Waals surface area contributed by atoms with Gasteiger partial charge in [0.2, 0.25) is 0 Å². The number of rotatable bonds is 8. The van der Waals surface area contributed by atoms with Crippen molar-refractivity contribution >= 4 is 45.5 Å². The molecule has 1 fully saturated rings. The molecule has 8 nitrogen and oxygen atoms in total. The lowest BCUT2D eigenvalue weighted by molar-refractivity contribution is -0.123. The van der Waals surface area contributed by atoms with Gasteiger partial charge in [-0.05, 0) is 54.5 Å². The fourth-order valence-corrected chi connectivity index (χ4v) is 3.40. The molecule has 2 aromatic carbocycles. The van der Waals surface area contributed by atoms with Gasteiger partial charge in [-0.15, -0.1) is 0 Å². The number of hydrogen-bond donors (Lipinski definition) is 2. The van der Waals surface area contributed by atoms with Crippen molar-refractivity contribution in [3.8, 4) is 11.5 Å². The number of nitrogens with one attached hydrogen (secondary N) is 2. The van der Waals surface area contributed by atoms with Crippen molar-refractivity contribution in [2.24, 2.45) is 0 Å². The van der Waals surface area contributed by atoms with Crippen molar-refractivity contribution in [3.63, 3.8) is 0 Å². The van der Waals surface area contributed by atoms with Gasteiger partial charge >= 0.3 is 6.03 Å². The molecule has 3 rings (SSSR count). The van der Waals surface area contributed by atoms with Gasteiger partial charge in [0.1, 0.15) is 11.5 Å². The first kappa shape index (κ1) is 23.3. The predicted molar refractivity (Wildman–Crippen MR) is 120 cm³/mol. The topological polar surface area (TPSA) is 97.0 Å². The minimum Gasteiger partial charge on any atom is -0.493 e. The number of urea groups is 1. The normalized spacial score (nSPS) is 14.5. The Morgan fingerprint density at radius 3 is 2.59 bits per heavy atom. The van der Waals surface area contributed by atoms with Gasteiger partial charge in [0.05, 0.1) is 7.11 Å². The molecule has 1 aliphatic rings. The maximum atomic E-state index is 13.0. The van der Waals surface area contributed by atoms with Crippen LogP contribution >= 0.6 is 15.9 Å². The monoisotopic (exact) mass is 505 g/mol. The highest BCUT2D eigenvalue weighted by molar-refractivity contribution is 9.10. The number of halogens is 2. The van der Waals surface area contributed by atoms with Gasteiger partial charge in [-0.3, -0.25) is 14.5 Å². The van der Waals surface area contributed by atoms with E-state index in [1.807, 2.05) is 6.92 Å². The van der Waals surface area contributed by atoms with Crippen LogP contribution in [0.3, 0.4) is 0 Å². The van der Waals surface area contributed by atoms with Crippen LogP contribution in [0.4, 0.5) is 14.9 Å². The molecule has 0 unspecified atom stereocenters. The number of carbonyl (C=O) groups is 3. The third kappa shape index (κ3) is 5.44. The quantitative estimate of drug-likeness (QED) is 0.418. The van der Waals surface area contributed by atoms with E-state index in [0.717, 1.165) is 4.90 Å². The van der Waals surface area contributed by atoms with Crippen molar-refractivity contribution in [2.75, 3.05) is 25.6 Å². The number of hydrogen-bond acceptors (Lipinski definition) is 5. The average Bonchev–Trinajstić information content (AvgIpc) is 3.03. The van der Waals surface area contributed by atoms with Crippen molar-refractivity contribution in [1.82, 2.24) is 10.2 Å². The van der Waals surface area contributed by atoms with Gasteiger partial charge in [0.25, 0.3) is 11.8 Å². The summed E-state index contributed by atoms with van der Waals surface area (Å²) in [5.41, 5.74) is 1.17. The maximum Gasteiger partial charge on any atom is 0.329 e. The molecule has 32 heavy (non-hydrogen) atoms. The zero-order valence-electron chi connectivity index (χ0n) is 17.4. The number of ether oxygens (including phenoxy) is 2. The first-order valence-corrected chi connectivity index (χ1v) is 10.5. The van der Waals surface area contributed by atoms with Crippen LogP contribution < -0.4 is 20.1 Å². The van der Waals surface area contributed by atoms with Crippen LogP contribution in [0.15, 0.2) is 46.6 Å². The van der Waals surface area contributed by atoms with Gasteiger partial charge < -0.3 is 20.1 Å². The summed E-state index contributed by atoms with van der Waals surface area (Å²) in [6.07, 6.45) is 2.19. The Balaban J connectivity index is 1.72. The summed E-state index contributed by atoms with van der Waals surface area (Å²) in [5, 5.41) is 5.16. The summed E-state index contributed by atoms with van der Waals surface area (Å²) >= 11 is 3.41. The van der Waals surface area contributed by atoms with Crippen LogP contribution in [-0.4, -0.2) is 43.0 Å². The van der Waals surface area contributed by atoms with E-state index in [-0.39, 0.29) is 12.3 Å². The Morgan fingerprint density at radius 2 is 1.94 bits per heavy atom. The van der Waals surface area contributed by atoms with Gasteiger partial charge in [0.15, 0.2) is 18.1 Å². The zero-order chi connectivity index (χ0) is 23.3. The van der Waals surface area contributed by atoms with Crippen molar-refractivity contribution in [3.05, 3.63) is 57.9 Å². The Labute approximate surface area is 192 Å². The number of methoxy groups -OCH3 is 1. The molecule has 168 valence electrons. The van der Waals surface area contributed by atoms with Crippen LogP contribution in [-0.2, 0) is 9.59 Å². The number of carbonyl (C=O) groups excluding carboxylic acids is 3. The number of benzene rings is 2. The second-order valence-corrected chi connectivity index (χ2v) is 7.67. The molecule has 1 heterocycles. The molecular weight excluding hydrogens is 485 g/mol. The Morgan fingerprint density at radius 1 is 1.22 bits per heavy atom. The Hall–Kier alpha value is -3.40. The van der Waals surface area contributed by atoms with Crippen LogP contribution in [0.5, 0.6) is 11.5 Å². The van der Waals surface area contributed by atoms with Crippen molar-refractivity contribution in [2.45, 2.75) is 13.3 Å². The van der Waals surface area contributed by atoms with E-state index in [0.29, 0.717) is 40.2 Å². The average molecular weight is 506 g/mol. The summed E-state index contributed by atoms with van der Waals surface area (Å²) in [7, 11) is 1.44. The standard InChI is InChI=1S/C22H21BrFN3O5/c1-3-8-27-21(29)17(26-22(27)30)9-13-10-18(31-2)19(11-16(13)23)32-12-20(28)25-15-6-4-14(24)5-7-15/h4-7,9-11H,3,8,12H2,1-2H3,(H,25,28)(H,26,30)/b17-9+. The van der Waals surface area contributed by atoms with Crippen LogP contribution in [0, 0.1) is 5.82 Å². The lowest BCUT2D eigenvalue weighted by atomic mass is 10.1. The number of imide groups is 1.